The highest BCUT2D eigenvalue weighted by molar-refractivity contribution is 6.23. The number of carbonyl (C=O) groups is 1. The molecule has 0 radical (unpaired) electrons. The zero-order valence-corrected chi connectivity index (χ0v) is 17.8. The maximum Gasteiger partial charge on any atom is 0.358 e. The number of nitrogens with zero attached hydrogens (tertiary/aromatic N) is 2. The minimum Gasteiger partial charge on any atom is -0.496 e. The van der Waals surface area contributed by atoms with Crippen molar-refractivity contribution in [1.82, 2.24) is 9.38 Å². The molecule has 0 saturated heterocycles. The summed E-state index contributed by atoms with van der Waals surface area (Å²) in [5.41, 5.74) is 2.09. The van der Waals surface area contributed by atoms with Gasteiger partial charge in [0.1, 0.15) is 22.6 Å². The van der Waals surface area contributed by atoms with Crippen molar-refractivity contribution in [3.8, 4) is 16.9 Å². The molecule has 0 saturated carbocycles. The van der Waals surface area contributed by atoms with Gasteiger partial charge in [-0.15, -0.1) is 11.6 Å². The molecule has 1 unspecified atom stereocenters. The summed E-state index contributed by atoms with van der Waals surface area (Å²) in [6.07, 6.45) is 1.73. The van der Waals surface area contributed by atoms with Gasteiger partial charge in [0.05, 0.1) is 25.0 Å². The van der Waals surface area contributed by atoms with Crippen LogP contribution in [-0.4, -0.2) is 29.1 Å². The third kappa shape index (κ3) is 3.75. The van der Waals surface area contributed by atoms with Gasteiger partial charge in [-0.05, 0) is 30.7 Å². The standard InChI is InChI=1S/C24H20ClFN2O3/c1-3-31-24(29)22-23(28-14-8-7-11-18(28)27-22)20(25)16-12-13-17(30-2)19(21(16)26)15-9-5-4-6-10-15/h4-14,20H,3H2,1-2H3. The Morgan fingerprint density at radius 3 is 2.58 bits per heavy atom. The van der Waals surface area contributed by atoms with E-state index in [0.717, 1.165) is 0 Å². The molecule has 0 fully saturated rings. The van der Waals surface area contributed by atoms with Crippen LogP contribution in [0.15, 0.2) is 66.9 Å². The van der Waals surface area contributed by atoms with Gasteiger partial charge < -0.3 is 13.9 Å². The molecule has 0 aliphatic heterocycles. The molecule has 0 amide bonds. The van der Waals surface area contributed by atoms with Crippen molar-refractivity contribution >= 4 is 23.2 Å². The molecule has 4 rings (SSSR count). The van der Waals surface area contributed by atoms with E-state index in [1.165, 1.54) is 7.11 Å². The molecular weight excluding hydrogens is 419 g/mol. The van der Waals surface area contributed by atoms with Crippen molar-refractivity contribution in [1.29, 1.82) is 0 Å². The molecule has 0 aliphatic carbocycles. The minimum absolute atomic E-state index is 0.0597. The molecule has 2 aromatic carbocycles. The van der Waals surface area contributed by atoms with Crippen LogP contribution in [0, 0.1) is 5.82 Å². The Morgan fingerprint density at radius 2 is 1.87 bits per heavy atom. The van der Waals surface area contributed by atoms with E-state index in [4.69, 9.17) is 21.1 Å². The lowest BCUT2D eigenvalue weighted by molar-refractivity contribution is 0.0519. The van der Waals surface area contributed by atoms with E-state index in [1.807, 2.05) is 18.2 Å². The van der Waals surface area contributed by atoms with E-state index in [1.54, 1.807) is 60.0 Å². The topological polar surface area (TPSA) is 52.8 Å². The molecule has 7 heteroatoms. The summed E-state index contributed by atoms with van der Waals surface area (Å²) < 4.78 is 28.0. The van der Waals surface area contributed by atoms with Gasteiger partial charge in [0.25, 0.3) is 0 Å². The second-order valence-electron chi connectivity index (χ2n) is 6.77. The zero-order valence-electron chi connectivity index (χ0n) is 17.0. The number of pyridine rings is 1. The smallest absolute Gasteiger partial charge is 0.358 e. The van der Waals surface area contributed by atoms with E-state index in [0.29, 0.717) is 28.2 Å². The van der Waals surface area contributed by atoms with Crippen molar-refractivity contribution in [2.75, 3.05) is 13.7 Å². The monoisotopic (exact) mass is 438 g/mol. The van der Waals surface area contributed by atoms with Crippen LogP contribution in [0.3, 0.4) is 0 Å². The van der Waals surface area contributed by atoms with E-state index in [9.17, 15) is 4.79 Å². The van der Waals surface area contributed by atoms with Crippen molar-refractivity contribution in [2.24, 2.45) is 0 Å². The van der Waals surface area contributed by atoms with Crippen molar-refractivity contribution in [3.63, 3.8) is 0 Å². The molecule has 0 N–H and O–H groups in total. The molecule has 2 heterocycles. The van der Waals surface area contributed by atoms with Crippen molar-refractivity contribution in [2.45, 2.75) is 12.3 Å². The normalized spacial score (nSPS) is 12.0. The Bertz CT molecular complexity index is 1240. The second-order valence-corrected chi connectivity index (χ2v) is 7.21. The predicted octanol–water partition coefficient (Wildman–Crippen LogP) is 5.65. The average Bonchev–Trinajstić information content (AvgIpc) is 3.19. The van der Waals surface area contributed by atoms with Crippen LogP contribution < -0.4 is 4.74 Å². The predicted molar refractivity (Wildman–Crippen MR) is 117 cm³/mol. The lowest BCUT2D eigenvalue weighted by atomic mass is 9.98. The maximum absolute atomic E-state index is 15.8. The van der Waals surface area contributed by atoms with Crippen molar-refractivity contribution < 1.29 is 18.7 Å². The lowest BCUT2D eigenvalue weighted by Crippen LogP contribution is -2.12. The fourth-order valence-electron chi connectivity index (χ4n) is 3.57. The summed E-state index contributed by atoms with van der Waals surface area (Å²) in [5.74, 6) is -0.740. The Morgan fingerprint density at radius 1 is 1.13 bits per heavy atom. The molecule has 4 aromatic rings. The first-order valence-corrected chi connectivity index (χ1v) is 10.2. The Kier molecular flexibility index (Phi) is 5.91. The number of hydrogen-bond acceptors (Lipinski definition) is 4. The highest BCUT2D eigenvalue weighted by atomic mass is 35.5. The number of rotatable bonds is 6. The first kappa shape index (κ1) is 20.9. The number of fused-ring (bicyclic) bond motifs is 1. The quantitative estimate of drug-likeness (QED) is 0.288. The van der Waals surface area contributed by atoms with Gasteiger partial charge in [0.2, 0.25) is 0 Å². The Balaban J connectivity index is 1.92. The molecule has 0 bridgehead atoms. The van der Waals surface area contributed by atoms with E-state index < -0.39 is 17.2 Å². The summed E-state index contributed by atoms with van der Waals surface area (Å²) in [4.78, 5) is 17.0. The number of carbonyl (C=O) groups excluding carboxylic acids is 1. The maximum atomic E-state index is 15.8. The molecule has 31 heavy (non-hydrogen) atoms. The zero-order chi connectivity index (χ0) is 22.0. The van der Waals surface area contributed by atoms with Gasteiger partial charge in [-0.1, -0.05) is 42.5 Å². The van der Waals surface area contributed by atoms with Gasteiger partial charge in [0, 0.05) is 11.8 Å². The van der Waals surface area contributed by atoms with Crippen LogP contribution >= 0.6 is 11.6 Å². The highest BCUT2D eigenvalue weighted by Crippen LogP contribution is 2.40. The van der Waals surface area contributed by atoms with Gasteiger partial charge in [-0.3, -0.25) is 0 Å². The van der Waals surface area contributed by atoms with Crippen LogP contribution in [0.2, 0.25) is 0 Å². The molecular formula is C24H20ClFN2O3. The number of methoxy groups -OCH3 is 1. The molecule has 0 spiro atoms. The third-order valence-corrected chi connectivity index (χ3v) is 5.41. The summed E-state index contributed by atoms with van der Waals surface area (Å²) >= 11 is 6.81. The van der Waals surface area contributed by atoms with Crippen LogP contribution in [-0.2, 0) is 4.74 Å². The van der Waals surface area contributed by atoms with Gasteiger partial charge in [-0.25, -0.2) is 14.2 Å². The number of alkyl halides is 1. The third-order valence-electron chi connectivity index (χ3n) is 4.96. The van der Waals surface area contributed by atoms with Crippen molar-refractivity contribution in [3.05, 3.63) is 89.6 Å². The van der Waals surface area contributed by atoms with Gasteiger partial charge >= 0.3 is 5.97 Å². The molecule has 5 nitrogen and oxygen atoms in total. The fourth-order valence-corrected chi connectivity index (χ4v) is 3.95. The second kappa shape index (κ2) is 8.78. The number of halogens is 2. The number of ether oxygens (including phenoxy) is 2. The number of esters is 1. The molecule has 2 aromatic heterocycles. The van der Waals surface area contributed by atoms with Gasteiger partial charge in [0.15, 0.2) is 5.69 Å². The summed E-state index contributed by atoms with van der Waals surface area (Å²) in [7, 11) is 1.49. The van der Waals surface area contributed by atoms with E-state index >= 15 is 4.39 Å². The van der Waals surface area contributed by atoms with Crippen LogP contribution in [0.5, 0.6) is 5.75 Å². The average molecular weight is 439 g/mol. The Labute approximate surface area is 184 Å². The highest BCUT2D eigenvalue weighted by Gasteiger charge is 2.29. The minimum atomic E-state index is -0.995. The first-order chi connectivity index (χ1) is 15.1. The number of benzene rings is 2. The fraction of sp³-hybridized carbons (Fsp3) is 0.167. The first-order valence-electron chi connectivity index (χ1n) is 9.76. The Hall–Kier alpha value is -3.38. The number of aromatic nitrogens is 2. The van der Waals surface area contributed by atoms with Crippen LogP contribution in [0.25, 0.3) is 16.8 Å². The molecule has 1 atom stereocenters. The van der Waals surface area contributed by atoms with E-state index in [2.05, 4.69) is 4.98 Å². The lowest BCUT2D eigenvalue weighted by Gasteiger charge is -2.17. The summed E-state index contributed by atoms with van der Waals surface area (Å²) in [6, 6.07) is 17.7. The van der Waals surface area contributed by atoms with Crippen LogP contribution in [0.1, 0.15) is 34.0 Å². The largest absolute Gasteiger partial charge is 0.496 e. The summed E-state index contributed by atoms with van der Waals surface area (Å²) in [5, 5.41) is -0.995. The van der Waals surface area contributed by atoms with Gasteiger partial charge in [-0.2, -0.15) is 0 Å². The van der Waals surface area contributed by atoms with Crippen LogP contribution in [0.4, 0.5) is 4.39 Å². The molecule has 158 valence electrons. The van der Waals surface area contributed by atoms with E-state index in [-0.39, 0.29) is 17.9 Å². The summed E-state index contributed by atoms with van der Waals surface area (Å²) in [6.45, 7) is 1.90. The number of hydrogen-bond donors (Lipinski definition) is 0. The number of imidazole rings is 1. The SMILES string of the molecule is CCOC(=O)c1nc2ccccn2c1C(Cl)c1ccc(OC)c(-c2ccccc2)c1F. The molecule has 0 aliphatic rings.